The summed E-state index contributed by atoms with van der Waals surface area (Å²) in [6, 6.07) is 0. The maximum Gasteiger partial charge on any atom is 0.0167 e. The third-order valence-corrected chi connectivity index (χ3v) is 2.17. The molecule has 0 saturated carbocycles. The number of hydrogen-bond donors (Lipinski definition) is 1. The fourth-order valence-corrected chi connectivity index (χ4v) is 1.76. The molecule has 0 aliphatic heterocycles. The Labute approximate surface area is 75.6 Å². The molecule has 1 aliphatic carbocycles. The zero-order valence-electron chi connectivity index (χ0n) is 8.35. The van der Waals surface area contributed by atoms with E-state index in [0.717, 1.165) is 19.0 Å². The van der Waals surface area contributed by atoms with Gasteiger partial charge in [-0.1, -0.05) is 37.1 Å². The molecule has 0 aromatic carbocycles. The van der Waals surface area contributed by atoms with Crippen LogP contribution in [0.2, 0.25) is 0 Å². The van der Waals surface area contributed by atoms with Crippen LogP contribution in [0, 0.1) is 5.92 Å². The van der Waals surface area contributed by atoms with Gasteiger partial charge in [0.1, 0.15) is 0 Å². The van der Waals surface area contributed by atoms with Gasteiger partial charge >= 0.3 is 0 Å². The second kappa shape index (κ2) is 4.46. The first-order chi connectivity index (χ1) is 5.72. The van der Waals surface area contributed by atoms with Crippen LogP contribution >= 0.6 is 0 Å². The lowest BCUT2D eigenvalue weighted by atomic mass is 9.92. The van der Waals surface area contributed by atoms with E-state index >= 15 is 0 Å². The van der Waals surface area contributed by atoms with E-state index in [1.807, 2.05) is 0 Å². The maximum atomic E-state index is 3.36. The molecule has 0 heterocycles. The molecule has 0 fully saturated rings. The standard InChI is InChI=1S/C11H19N/c1-4-12-8-11-6-9(2)5-10(3)7-11/h5-6,10,12H,4,7-8H2,1-3H3. The molecule has 0 aromatic heterocycles. The molecule has 1 N–H and O–H groups in total. The van der Waals surface area contributed by atoms with Gasteiger partial charge in [0.25, 0.3) is 0 Å². The first-order valence-corrected chi connectivity index (χ1v) is 4.81. The fourth-order valence-electron chi connectivity index (χ4n) is 1.76. The summed E-state index contributed by atoms with van der Waals surface area (Å²) in [5.74, 6) is 0.726. The monoisotopic (exact) mass is 165 g/mol. The van der Waals surface area contributed by atoms with Crippen molar-refractivity contribution < 1.29 is 0 Å². The lowest BCUT2D eigenvalue weighted by Gasteiger charge is -2.17. The molecular weight excluding hydrogens is 146 g/mol. The summed E-state index contributed by atoms with van der Waals surface area (Å²) in [5, 5.41) is 3.36. The largest absolute Gasteiger partial charge is 0.313 e. The maximum absolute atomic E-state index is 3.36. The third-order valence-electron chi connectivity index (χ3n) is 2.17. The van der Waals surface area contributed by atoms with Crippen molar-refractivity contribution in [2.24, 2.45) is 5.92 Å². The van der Waals surface area contributed by atoms with E-state index in [9.17, 15) is 0 Å². The van der Waals surface area contributed by atoms with Crippen molar-refractivity contribution in [3.05, 3.63) is 23.3 Å². The van der Waals surface area contributed by atoms with Crippen LogP contribution in [-0.4, -0.2) is 13.1 Å². The van der Waals surface area contributed by atoms with Gasteiger partial charge in [0, 0.05) is 6.54 Å². The summed E-state index contributed by atoms with van der Waals surface area (Å²) in [5.41, 5.74) is 2.96. The zero-order chi connectivity index (χ0) is 8.97. The molecule has 12 heavy (non-hydrogen) atoms. The predicted molar refractivity (Wildman–Crippen MR) is 54.2 cm³/mol. The molecule has 0 radical (unpaired) electrons. The van der Waals surface area contributed by atoms with Gasteiger partial charge in [-0.25, -0.2) is 0 Å². The van der Waals surface area contributed by atoms with Crippen LogP contribution in [-0.2, 0) is 0 Å². The van der Waals surface area contributed by atoms with Crippen LogP contribution in [0.25, 0.3) is 0 Å². The Morgan fingerprint density at radius 3 is 2.92 bits per heavy atom. The highest BCUT2D eigenvalue weighted by molar-refractivity contribution is 5.28. The number of likely N-dealkylation sites (N-methyl/N-ethyl adjacent to an activating group) is 1. The topological polar surface area (TPSA) is 12.0 Å². The van der Waals surface area contributed by atoms with Crippen molar-refractivity contribution >= 4 is 0 Å². The number of rotatable bonds is 3. The smallest absolute Gasteiger partial charge is 0.0167 e. The van der Waals surface area contributed by atoms with Crippen molar-refractivity contribution in [2.75, 3.05) is 13.1 Å². The summed E-state index contributed by atoms with van der Waals surface area (Å²) >= 11 is 0. The highest BCUT2D eigenvalue weighted by atomic mass is 14.8. The molecule has 1 heteroatoms. The van der Waals surface area contributed by atoms with E-state index in [0.29, 0.717) is 0 Å². The lowest BCUT2D eigenvalue weighted by molar-refractivity contribution is 0.656. The number of allylic oxidation sites excluding steroid dienone is 3. The van der Waals surface area contributed by atoms with Crippen LogP contribution in [0.15, 0.2) is 23.3 Å². The normalized spacial score (nSPS) is 23.4. The van der Waals surface area contributed by atoms with Crippen molar-refractivity contribution in [1.82, 2.24) is 5.32 Å². The summed E-state index contributed by atoms with van der Waals surface area (Å²) in [6.45, 7) is 8.74. The minimum absolute atomic E-state index is 0.726. The molecule has 1 unspecified atom stereocenters. The lowest BCUT2D eigenvalue weighted by Crippen LogP contribution is -2.18. The Hall–Kier alpha value is -0.560. The van der Waals surface area contributed by atoms with Crippen LogP contribution < -0.4 is 5.32 Å². The predicted octanol–water partition coefficient (Wildman–Crippen LogP) is 2.51. The van der Waals surface area contributed by atoms with Gasteiger partial charge in [-0.2, -0.15) is 0 Å². The molecule has 1 nitrogen and oxygen atoms in total. The quantitative estimate of drug-likeness (QED) is 0.677. The van der Waals surface area contributed by atoms with Crippen LogP contribution in [0.5, 0.6) is 0 Å². The molecular formula is C11H19N. The van der Waals surface area contributed by atoms with Gasteiger partial charge in [0.05, 0.1) is 0 Å². The third kappa shape index (κ3) is 2.82. The summed E-state index contributed by atoms with van der Waals surface area (Å²) in [4.78, 5) is 0. The molecule has 0 aromatic rings. The Bertz CT molecular complexity index is 201. The Balaban J connectivity index is 2.49. The minimum atomic E-state index is 0.726. The first-order valence-electron chi connectivity index (χ1n) is 4.81. The van der Waals surface area contributed by atoms with Crippen LogP contribution in [0.3, 0.4) is 0 Å². The average Bonchev–Trinajstić information content (AvgIpc) is 1.99. The number of nitrogens with one attached hydrogen (secondary N) is 1. The van der Waals surface area contributed by atoms with Crippen molar-refractivity contribution in [3.8, 4) is 0 Å². The van der Waals surface area contributed by atoms with E-state index in [4.69, 9.17) is 0 Å². The summed E-state index contributed by atoms with van der Waals surface area (Å²) in [6.07, 6.45) is 5.88. The van der Waals surface area contributed by atoms with E-state index in [1.54, 1.807) is 5.57 Å². The highest BCUT2D eigenvalue weighted by Gasteiger charge is 2.08. The SMILES string of the molecule is CCNCC1=CC(C)=CC(C)C1. The van der Waals surface area contributed by atoms with Gasteiger partial charge in [0.2, 0.25) is 0 Å². The molecule has 1 aliphatic rings. The molecule has 1 atom stereocenters. The van der Waals surface area contributed by atoms with Crippen molar-refractivity contribution in [3.63, 3.8) is 0 Å². The van der Waals surface area contributed by atoms with Crippen LogP contribution in [0.4, 0.5) is 0 Å². The second-order valence-corrected chi connectivity index (χ2v) is 3.68. The molecule has 0 spiro atoms. The van der Waals surface area contributed by atoms with Gasteiger partial charge in [-0.3, -0.25) is 0 Å². The fraction of sp³-hybridized carbons (Fsp3) is 0.636. The Kier molecular flexibility index (Phi) is 3.54. The van der Waals surface area contributed by atoms with E-state index in [2.05, 4.69) is 38.2 Å². The van der Waals surface area contributed by atoms with Crippen molar-refractivity contribution in [1.29, 1.82) is 0 Å². The first kappa shape index (κ1) is 9.53. The molecule has 0 amide bonds. The van der Waals surface area contributed by atoms with E-state index in [1.165, 1.54) is 12.0 Å². The molecule has 68 valence electrons. The zero-order valence-corrected chi connectivity index (χ0v) is 8.35. The number of hydrogen-bond acceptors (Lipinski definition) is 1. The van der Waals surface area contributed by atoms with E-state index < -0.39 is 0 Å². The van der Waals surface area contributed by atoms with Gasteiger partial charge in [-0.05, 0) is 25.8 Å². The minimum Gasteiger partial charge on any atom is -0.313 e. The second-order valence-electron chi connectivity index (χ2n) is 3.68. The molecule has 0 saturated heterocycles. The summed E-state index contributed by atoms with van der Waals surface area (Å²) < 4.78 is 0. The average molecular weight is 165 g/mol. The van der Waals surface area contributed by atoms with E-state index in [-0.39, 0.29) is 0 Å². The van der Waals surface area contributed by atoms with Gasteiger partial charge < -0.3 is 5.32 Å². The Morgan fingerprint density at radius 1 is 1.58 bits per heavy atom. The van der Waals surface area contributed by atoms with Gasteiger partial charge in [0.15, 0.2) is 0 Å². The Morgan fingerprint density at radius 2 is 2.33 bits per heavy atom. The molecule has 1 rings (SSSR count). The molecule has 0 bridgehead atoms. The van der Waals surface area contributed by atoms with Crippen molar-refractivity contribution in [2.45, 2.75) is 27.2 Å². The van der Waals surface area contributed by atoms with Gasteiger partial charge in [-0.15, -0.1) is 0 Å². The highest BCUT2D eigenvalue weighted by Crippen LogP contribution is 2.21. The van der Waals surface area contributed by atoms with Crippen LogP contribution in [0.1, 0.15) is 27.2 Å². The summed E-state index contributed by atoms with van der Waals surface area (Å²) in [7, 11) is 0.